The van der Waals surface area contributed by atoms with Gasteiger partial charge in [-0.15, -0.1) is 0 Å². The summed E-state index contributed by atoms with van der Waals surface area (Å²) in [5, 5.41) is 17.5. The third kappa shape index (κ3) is 7.33. The molecule has 0 radical (unpaired) electrons. The van der Waals surface area contributed by atoms with Crippen molar-refractivity contribution in [1.29, 1.82) is 0 Å². The molecule has 2 aromatic rings. The Morgan fingerprint density at radius 2 is 1.90 bits per heavy atom. The van der Waals surface area contributed by atoms with E-state index in [0.717, 1.165) is 11.6 Å². The van der Waals surface area contributed by atoms with Gasteiger partial charge in [0.2, 0.25) is 10.0 Å². The summed E-state index contributed by atoms with van der Waals surface area (Å²) in [5.74, 6) is 0.530. The molecule has 156 valence electrons. The lowest BCUT2D eigenvalue weighted by molar-refractivity contribution is -0.385. The van der Waals surface area contributed by atoms with Crippen LogP contribution < -0.4 is 15.4 Å². The van der Waals surface area contributed by atoms with Gasteiger partial charge in [0.05, 0.1) is 16.4 Å². The van der Waals surface area contributed by atoms with Crippen LogP contribution in [0.1, 0.15) is 12.5 Å². The van der Waals surface area contributed by atoms with Gasteiger partial charge >= 0.3 is 0 Å². The minimum absolute atomic E-state index is 0.0760. The van der Waals surface area contributed by atoms with Crippen LogP contribution in [0.15, 0.2) is 58.4 Å². The molecule has 2 rings (SSSR count). The van der Waals surface area contributed by atoms with E-state index in [0.29, 0.717) is 24.1 Å². The Kier molecular flexibility index (Phi) is 8.37. The molecule has 0 aliphatic heterocycles. The fourth-order valence-electron chi connectivity index (χ4n) is 2.36. The van der Waals surface area contributed by atoms with Gasteiger partial charge in [-0.2, -0.15) is 0 Å². The highest BCUT2D eigenvalue weighted by atomic mass is 35.5. The van der Waals surface area contributed by atoms with E-state index in [9.17, 15) is 18.5 Å². The number of rotatable bonds is 9. The molecule has 0 aromatic heterocycles. The van der Waals surface area contributed by atoms with Gasteiger partial charge in [-0.1, -0.05) is 29.8 Å². The van der Waals surface area contributed by atoms with Crippen molar-refractivity contribution in [3.8, 4) is 0 Å². The Hall–Kier alpha value is -2.69. The number of nitro groups is 1. The van der Waals surface area contributed by atoms with E-state index in [1.807, 2.05) is 25.1 Å². The first kappa shape index (κ1) is 22.6. The Labute approximate surface area is 174 Å². The van der Waals surface area contributed by atoms with Crippen LogP contribution in [0, 0.1) is 10.1 Å². The fourth-order valence-corrected chi connectivity index (χ4v) is 3.65. The number of hydrogen-bond acceptors (Lipinski definition) is 5. The van der Waals surface area contributed by atoms with Gasteiger partial charge in [0.25, 0.3) is 5.69 Å². The standard InChI is InChI=1S/C18H22ClN5O4S/c1-2-20-18(22-13-14-5-3-6-15(19)11-14)21-9-10-23-29(27,28)17-8-4-7-16(12-17)24(25)26/h3-8,11-12,23H,2,9-10,13H2,1H3,(H2,20,21,22). The van der Waals surface area contributed by atoms with E-state index >= 15 is 0 Å². The molecule has 0 saturated heterocycles. The maximum absolute atomic E-state index is 12.3. The first-order valence-electron chi connectivity index (χ1n) is 8.82. The average Bonchev–Trinajstić information content (AvgIpc) is 2.69. The van der Waals surface area contributed by atoms with Crippen molar-refractivity contribution < 1.29 is 13.3 Å². The van der Waals surface area contributed by atoms with Crippen LogP contribution in [0.5, 0.6) is 0 Å². The van der Waals surface area contributed by atoms with Crippen molar-refractivity contribution in [1.82, 2.24) is 15.4 Å². The maximum Gasteiger partial charge on any atom is 0.270 e. The highest BCUT2D eigenvalue weighted by Gasteiger charge is 2.17. The first-order valence-corrected chi connectivity index (χ1v) is 10.7. The maximum atomic E-state index is 12.3. The van der Waals surface area contributed by atoms with Crippen LogP contribution in [0.3, 0.4) is 0 Å². The number of halogens is 1. The molecule has 2 aromatic carbocycles. The summed E-state index contributed by atoms with van der Waals surface area (Å²) in [6.07, 6.45) is 0. The van der Waals surface area contributed by atoms with Gasteiger partial charge in [-0.25, -0.2) is 18.1 Å². The van der Waals surface area contributed by atoms with Crippen LogP contribution >= 0.6 is 11.6 Å². The van der Waals surface area contributed by atoms with Crippen LogP contribution in [-0.4, -0.2) is 38.9 Å². The van der Waals surface area contributed by atoms with Crippen LogP contribution in [0.25, 0.3) is 0 Å². The minimum atomic E-state index is -3.86. The predicted octanol–water partition coefficient (Wildman–Crippen LogP) is 2.28. The normalized spacial score (nSPS) is 11.9. The van der Waals surface area contributed by atoms with Gasteiger partial charge in [0, 0.05) is 36.8 Å². The summed E-state index contributed by atoms with van der Waals surface area (Å²) in [5.41, 5.74) is 0.662. The number of guanidine groups is 1. The lowest BCUT2D eigenvalue weighted by Gasteiger charge is -2.12. The predicted molar refractivity (Wildman–Crippen MR) is 113 cm³/mol. The number of nitrogens with zero attached hydrogens (tertiary/aromatic N) is 2. The van der Waals surface area contributed by atoms with E-state index in [1.165, 1.54) is 18.2 Å². The molecule has 9 nitrogen and oxygen atoms in total. The number of nitro benzene ring substituents is 1. The van der Waals surface area contributed by atoms with Gasteiger partial charge in [0.1, 0.15) is 0 Å². The van der Waals surface area contributed by atoms with Crippen LogP contribution in [0.2, 0.25) is 5.02 Å². The zero-order valence-corrected chi connectivity index (χ0v) is 17.3. The topological polar surface area (TPSA) is 126 Å². The van der Waals surface area contributed by atoms with E-state index < -0.39 is 14.9 Å². The Balaban J connectivity index is 1.91. The van der Waals surface area contributed by atoms with Gasteiger partial charge in [-0.05, 0) is 30.7 Å². The molecule has 0 unspecified atom stereocenters. The molecule has 0 aliphatic rings. The number of hydrogen-bond donors (Lipinski definition) is 3. The van der Waals surface area contributed by atoms with Crippen LogP contribution in [-0.2, 0) is 16.6 Å². The molecular formula is C18H22ClN5O4S. The summed E-state index contributed by atoms with van der Waals surface area (Å²) in [4.78, 5) is 14.4. The first-order chi connectivity index (χ1) is 13.8. The lowest BCUT2D eigenvalue weighted by atomic mass is 10.2. The largest absolute Gasteiger partial charge is 0.357 e. The SMILES string of the molecule is CCNC(=NCc1cccc(Cl)c1)NCCNS(=O)(=O)c1cccc([N+](=O)[O-])c1. The average molecular weight is 440 g/mol. The molecule has 3 N–H and O–H groups in total. The molecule has 0 fully saturated rings. The molecule has 0 spiro atoms. The Morgan fingerprint density at radius 3 is 2.59 bits per heavy atom. The van der Waals surface area contributed by atoms with Crippen molar-refractivity contribution in [2.75, 3.05) is 19.6 Å². The van der Waals surface area contributed by atoms with Gasteiger partial charge in [0.15, 0.2) is 5.96 Å². The molecule has 0 atom stereocenters. The van der Waals surface area contributed by atoms with E-state index in [4.69, 9.17) is 11.6 Å². The Morgan fingerprint density at radius 1 is 1.14 bits per heavy atom. The zero-order chi connectivity index (χ0) is 21.3. The smallest absolute Gasteiger partial charge is 0.270 e. The second-order valence-electron chi connectivity index (χ2n) is 5.90. The molecule has 0 saturated carbocycles. The number of sulfonamides is 1. The van der Waals surface area contributed by atoms with Crippen molar-refractivity contribution in [3.05, 3.63) is 69.2 Å². The second kappa shape index (κ2) is 10.7. The summed E-state index contributed by atoms with van der Waals surface area (Å²) in [6, 6.07) is 12.2. The summed E-state index contributed by atoms with van der Waals surface area (Å²) in [6.45, 7) is 3.32. The molecule has 0 bridgehead atoms. The molecular weight excluding hydrogens is 418 g/mol. The molecule has 0 heterocycles. The highest BCUT2D eigenvalue weighted by Crippen LogP contribution is 2.16. The number of benzene rings is 2. The van der Waals surface area contributed by atoms with Crippen LogP contribution in [0.4, 0.5) is 5.69 Å². The summed E-state index contributed by atoms with van der Waals surface area (Å²) >= 11 is 5.96. The quantitative estimate of drug-likeness (QED) is 0.181. The summed E-state index contributed by atoms with van der Waals surface area (Å²) in [7, 11) is -3.86. The molecule has 0 aliphatic carbocycles. The summed E-state index contributed by atoms with van der Waals surface area (Å²) < 4.78 is 27.0. The van der Waals surface area contributed by atoms with Crippen molar-refractivity contribution in [2.24, 2.45) is 4.99 Å². The van der Waals surface area contributed by atoms with Crippen molar-refractivity contribution in [2.45, 2.75) is 18.4 Å². The fraction of sp³-hybridized carbons (Fsp3) is 0.278. The minimum Gasteiger partial charge on any atom is -0.357 e. The number of nitrogens with one attached hydrogen (secondary N) is 3. The van der Waals surface area contributed by atoms with Gasteiger partial charge in [-0.3, -0.25) is 10.1 Å². The zero-order valence-electron chi connectivity index (χ0n) is 15.8. The molecule has 29 heavy (non-hydrogen) atoms. The van der Waals surface area contributed by atoms with Crippen molar-refractivity contribution >= 4 is 33.3 Å². The number of aliphatic imine (C=N–C) groups is 1. The van der Waals surface area contributed by atoms with E-state index in [2.05, 4.69) is 20.3 Å². The highest BCUT2D eigenvalue weighted by molar-refractivity contribution is 7.89. The van der Waals surface area contributed by atoms with Crippen molar-refractivity contribution in [3.63, 3.8) is 0 Å². The third-order valence-corrected chi connectivity index (χ3v) is 5.40. The van der Waals surface area contributed by atoms with E-state index in [1.54, 1.807) is 6.07 Å². The third-order valence-electron chi connectivity index (χ3n) is 3.70. The number of non-ortho nitro benzene ring substituents is 1. The monoisotopic (exact) mass is 439 g/mol. The van der Waals surface area contributed by atoms with E-state index in [-0.39, 0.29) is 23.7 Å². The lowest BCUT2D eigenvalue weighted by Crippen LogP contribution is -2.41. The second-order valence-corrected chi connectivity index (χ2v) is 8.11. The molecule has 0 amide bonds. The Bertz CT molecular complexity index is 982. The van der Waals surface area contributed by atoms with Gasteiger partial charge < -0.3 is 10.6 Å². The molecule has 11 heteroatoms.